The van der Waals surface area contributed by atoms with E-state index in [1.54, 1.807) is 0 Å². The monoisotopic (exact) mass is 569 g/mol. The number of aliphatic imine (C=N–C) groups is 1. The Kier molecular flexibility index (Phi) is 12.5. The van der Waals surface area contributed by atoms with Crippen molar-refractivity contribution in [2.45, 2.75) is 58.4 Å². The van der Waals surface area contributed by atoms with E-state index in [0.717, 1.165) is 38.6 Å². The number of nitrogens with one attached hydrogen (secondary N) is 2. The molecular formula is C26H44IN5O. The molecule has 2 heterocycles. The highest BCUT2D eigenvalue weighted by Crippen LogP contribution is 2.22. The molecule has 0 aliphatic carbocycles. The number of carbonyl (C=O) groups is 1. The molecule has 2 atom stereocenters. The first-order valence-electron chi connectivity index (χ1n) is 12.6. The van der Waals surface area contributed by atoms with Crippen molar-refractivity contribution in [3.8, 4) is 0 Å². The van der Waals surface area contributed by atoms with Gasteiger partial charge in [0.1, 0.15) is 0 Å². The van der Waals surface area contributed by atoms with Gasteiger partial charge in [0.15, 0.2) is 5.96 Å². The van der Waals surface area contributed by atoms with Gasteiger partial charge >= 0.3 is 0 Å². The van der Waals surface area contributed by atoms with E-state index < -0.39 is 0 Å². The first-order valence-corrected chi connectivity index (χ1v) is 12.6. The summed E-state index contributed by atoms with van der Waals surface area (Å²) >= 11 is 0. The van der Waals surface area contributed by atoms with Crippen LogP contribution in [-0.2, 0) is 11.2 Å². The predicted octanol–water partition coefficient (Wildman–Crippen LogP) is 3.76. The van der Waals surface area contributed by atoms with Crippen LogP contribution in [0.25, 0.3) is 0 Å². The van der Waals surface area contributed by atoms with Gasteiger partial charge in [-0.3, -0.25) is 14.7 Å². The third-order valence-corrected chi connectivity index (χ3v) is 7.27. The zero-order valence-electron chi connectivity index (χ0n) is 20.8. The molecule has 6 nitrogen and oxygen atoms in total. The predicted molar refractivity (Wildman–Crippen MR) is 148 cm³/mol. The van der Waals surface area contributed by atoms with Gasteiger partial charge in [0.05, 0.1) is 0 Å². The molecule has 2 aliphatic rings. The first-order chi connectivity index (χ1) is 15.6. The van der Waals surface area contributed by atoms with E-state index in [-0.39, 0.29) is 29.9 Å². The number of guanidine groups is 1. The van der Waals surface area contributed by atoms with E-state index >= 15 is 0 Å². The highest BCUT2D eigenvalue weighted by Gasteiger charge is 2.30. The zero-order chi connectivity index (χ0) is 22.8. The molecule has 1 aromatic rings. The molecule has 2 saturated heterocycles. The van der Waals surface area contributed by atoms with Crippen LogP contribution in [0.15, 0.2) is 35.3 Å². The van der Waals surface area contributed by atoms with Gasteiger partial charge in [0.2, 0.25) is 5.91 Å². The number of nitrogens with zero attached hydrogens (tertiary/aromatic N) is 3. The average Bonchev–Trinajstić information content (AvgIpc) is 3.47. The lowest BCUT2D eigenvalue weighted by molar-refractivity contribution is -0.127. The highest BCUT2D eigenvalue weighted by atomic mass is 127. The SMILES string of the molecule is CCC(CC)C(CNC(=NC)NCC1CC(=O)N(CCc2ccccc2)C1)N1CCCC1.I. The summed E-state index contributed by atoms with van der Waals surface area (Å²) in [5.41, 5.74) is 1.29. The molecule has 0 bridgehead atoms. The van der Waals surface area contributed by atoms with Gasteiger partial charge in [0, 0.05) is 51.6 Å². The zero-order valence-corrected chi connectivity index (χ0v) is 23.1. The second-order valence-corrected chi connectivity index (χ2v) is 9.37. The fraction of sp³-hybridized carbons (Fsp3) is 0.692. The highest BCUT2D eigenvalue weighted by molar-refractivity contribution is 14.0. The molecule has 186 valence electrons. The van der Waals surface area contributed by atoms with Crippen LogP contribution in [0.4, 0.5) is 0 Å². The Morgan fingerprint density at radius 2 is 1.82 bits per heavy atom. The molecule has 3 rings (SSSR count). The lowest BCUT2D eigenvalue weighted by Gasteiger charge is -2.34. The second-order valence-electron chi connectivity index (χ2n) is 9.37. The Morgan fingerprint density at radius 1 is 1.12 bits per heavy atom. The number of halogens is 1. The lowest BCUT2D eigenvalue weighted by Crippen LogP contribution is -2.50. The first kappa shape index (κ1) is 27.9. The standard InChI is InChI=1S/C26H43N5O.HI/c1-4-23(5-2)24(30-14-9-10-15-30)19-29-26(27-3)28-18-22-17-25(32)31(20-22)16-13-21-11-7-6-8-12-21;/h6-8,11-12,22-24H,4-5,9-10,13-20H2,1-3H3,(H2,27,28,29);1H. The van der Waals surface area contributed by atoms with Crippen molar-refractivity contribution in [2.75, 3.05) is 46.3 Å². The van der Waals surface area contributed by atoms with Crippen molar-refractivity contribution in [3.05, 3.63) is 35.9 Å². The minimum absolute atomic E-state index is 0. The molecule has 2 N–H and O–H groups in total. The fourth-order valence-electron chi connectivity index (χ4n) is 5.28. The van der Waals surface area contributed by atoms with Crippen LogP contribution in [0.5, 0.6) is 0 Å². The molecule has 1 amide bonds. The van der Waals surface area contributed by atoms with Crippen LogP contribution in [0.2, 0.25) is 0 Å². The van der Waals surface area contributed by atoms with Crippen molar-refractivity contribution in [3.63, 3.8) is 0 Å². The maximum absolute atomic E-state index is 12.5. The maximum atomic E-state index is 12.5. The maximum Gasteiger partial charge on any atom is 0.223 e. The summed E-state index contributed by atoms with van der Waals surface area (Å²) in [6.45, 7) is 10.4. The van der Waals surface area contributed by atoms with E-state index in [9.17, 15) is 4.79 Å². The van der Waals surface area contributed by atoms with Crippen LogP contribution in [0.3, 0.4) is 0 Å². The lowest BCUT2D eigenvalue weighted by atomic mass is 9.93. The van der Waals surface area contributed by atoms with E-state index in [0.29, 0.717) is 24.3 Å². The Balaban J connectivity index is 0.00000385. The fourth-order valence-corrected chi connectivity index (χ4v) is 5.28. The summed E-state index contributed by atoms with van der Waals surface area (Å²) < 4.78 is 0. The number of hydrogen-bond acceptors (Lipinski definition) is 3. The summed E-state index contributed by atoms with van der Waals surface area (Å²) in [7, 11) is 1.84. The molecule has 2 fully saturated rings. The van der Waals surface area contributed by atoms with Crippen molar-refractivity contribution in [1.82, 2.24) is 20.4 Å². The van der Waals surface area contributed by atoms with Crippen LogP contribution >= 0.6 is 24.0 Å². The van der Waals surface area contributed by atoms with Crippen molar-refractivity contribution >= 4 is 35.8 Å². The summed E-state index contributed by atoms with van der Waals surface area (Å²) in [5, 5.41) is 7.08. The van der Waals surface area contributed by atoms with Gasteiger partial charge in [0.25, 0.3) is 0 Å². The van der Waals surface area contributed by atoms with Gasteiger partial charge in [-0.2, -0.15) is 0 Å². The summed E-state index contributed by atoms with van der Waals surface area (Å²) in [5.74, 6) is 2.18. The number of amides is 1. The normalized spacial score (nSPS) is 20.2. The second kappa shape index (κ2) is 14.8. The van der Waals surface area contributed by atoms with Crippen molar-refractivity contribution in [2.24, 2.45) is 16.8 Å². The Labute approximate surface area is 218 Å². The molecule has 2 aliphatic heterocycles. The Morgan fingerprint density at radius 3 is 2.45 bits per heavy atom. The van der Waals surface area contributed by atoms with Crippen molar-refractivity contribution < 1.29 is 4.79 Å². The average molecular weight is 570 g/mol. The van der Waals surface area contributed by atoms with Gasteiger partial charge in [-0.05, 0) is 43.8 Å². The molecule has 33 heavy (non-hydrogen) atoms. The summed E-state index contributed by atoms with van der Waals surface area (Å²) in [6.07, 6.45) is 6.62. The third kappa shape index (κ3) is 8.42. The van der Waals surface area contributed by atoms with E-state index in [2.05, 4.69) is 58.6 Å². The van der Waals surface area contributed by atoms with E-state index in [1.165, 1.54) is 44.3 Å². The van der Waals surface area contributed by atoms with Crippen molar-refractivity contribution in [1.29, 1.82) is 0 Å². The van der Waals surface area contributed by atoms with Crippen LogP contribution in [-0.4, -0.2) is 74.0 Å². The van der Waals surface area contributed by atoms with E-state index in [4.69, 9.17) is 0 Å². The molecule has 0 spiro atoms. The van der Waals surface area contributed by atoms with Gasteiger partial charge in [-0.25, -0.2) is 0 Å². The minimum Gasteiger partial charge on any atom is -0.356 e. The number of benzene rings is 1. The molecule has 2 unspecified atom stereocenters. The third-order valence-electron chi connectivity index (χ3n) is 7.27. The minimum atomic E-state index is 0. The van der Waals surface area contributed by atoms with Gasteiger partial charge < -0.3 is 15.5 Å². The molecular weight excluding hydrogens is 525 g/mol. The Hall–Kier alpha value is -1.35. The van der Waals surface area contributed by atoms with Crippen LogP contribution in [0.1, 0.15) is 51.5 Å². The molecule has 0 saturated carbocycles. The molecule has 7 heteroatoms. The number of rotatable bonds is 11. The number of carbonyl (C=O) groups excluding carboxylic acids is 1. The number of likely N-dealkylation sites (tertiary alicyclic amines) is 2. The molecule has 1 aromatic carbocycles. The topological polar surface area (TPSA) is 60.0 Å². The molecule has 0 radical (unpaired) electrons. The molecule has 0 aromatic heterocycles. The van der Waals surface area contributed by atoms with Gasteiger partial charge in [-0.1, -0.05) is 57.0 Å². The van der Waals surface area contributed by atoms with Crippen LogP contribution < -0.4 is 10.6 Å². The largest absolute Gasteiger partial charge is 0.356 e. The quantitative estimate of drug-likeness (QED) is 0.242. The smallest absolute Gasteiger partial charge is 0.223 e. The van der Waals surface area contributed by atoms with Crippen LogP contribution in [0, 0.1) is 11.8 Å². The Bertz CT molecular complexity index is 717. The summed E-state index contributed by atoms with van der Waals surface area (Å²) in [6, 6.07) is 11.0. The number of hydrogen-bond donors (Lipinski definition) is 2. The van der Waals surface area contributed by atoms with Gasteiger partial charge in [-0.15, -0.1) is 24.0 Å². The van der Waals surface area contributed by atoms with E-state index in [1.807, 2.05) is 18.0 Å². The summed E-state index contributed by atoms with van der Waals surface area (Å²) in [4.78, 5) is 21.6.